The van der Waals surface area contributed by atoms with Crippen molar-refractivity contribution in [1.29, 1.82) is 0 Å². The van der Waals surface area contributed by atoms with E-state index in [4.69, 9.17) is 161 Å². The van der Waals surface area contributed by atoms with E-state index in [-0.39, 0.29) is 23.5 Å². The van der Waals surface area contributed by atoms with Crippen LogP contribution in [0.25, 0.3) is 11.1 Å². The number of nitrogens with zero attached hydrogens (tertiary/aromatic N) is 3. The van der Waals surface area contributed by atoms with Crippen molar-refractivity contribution in [2.24, 2.45) is 0 Å². The van der Waals surface area contributed by atoms with Gasteiger partial charge in [-0.3, -0.25) is 9.59 Å². The molecule has 10 rings (SSSR count). The van der Waals surface area contributed by atoms with E-state index in [9.17, 15) is 14.4 Å². The largest absolute Gasteiger partial charge is 0.482 e. The van der Waals surface area contributed by atoms with Crippen LogP contribution in [-0.4, -0.2) is 357 Å². The van der Waals surface area contributed by atoms with Crippen LogP contribution in [0.4, 0.5) is 4.79 Å². The van der Waals surface area contributed by atoms with E-state index in [0.717, 1.165) is 121 Å². The molecule has 0 aliphatic carbocycles. The second kappa shape index (κ2) is 35.0. The van der Waals surface area contributed by atoms with Gasteiger partial charge in [-0.25, -0.2) is 4.79 Å². The summed E-state index contributed by atoms with van der Waals surface area (Å²) >= 11 is 0. The van der Waals surface area contributed by atoms with Crippen LogP contribution in [0.2, 0.25) is 0 Å². The first kappa shape index (κ1) is 81.1. The van der Waals surface area contributed by atoms with Gasteiger partial charge in [-0.2, -0.15) is 0 Å². The van der Waals surface area contributed by atoms with Crippen LogP contribution in [0.15, 0.2) is 97.1 Å². The van der Waals surface area contributed by atoms with Gasteiger partial charge in [-0.1, -0.05) is 60.7 Å². The van der Waals surface area contributed by atoms with Gasteiger partial charge in [0.1, 0.15) is 28.3 Å². The molecule has 0 bridgehead atoms. The molecule has 38 radical (unpaired) electrons. The third-order valence-electron chi connectivity index (χ3n) is 20.6. The van der Waals surface area contributed by atoms with Gasteiger partial charge in [-0.05, 0) is 130 Å². The first-order valence-electron chi connectivity index (χ1n) is 34.6. The lowest BCUT2D eigenvalue weighted by atomic mass is 8.29. The smallest absolute Gasteiger partial charge is 0.410 e. The average molecular weight is 1240 g/mol. The van der Waals surface area contributed by atoms with Gasteiger partial charge < -0.3 is 34.2 Å². The maximum Gasteiger partial charge on any atom is 0.410 e. The summed E-state index contributed by atoms with van der Waals surface area (Å²) in [4.78, 5) is 43.7. The van der Waals surface area contributed by atoms with Gasteiger partial charge >= 0.3 is 6.09 Å². The van der Waals surface area contributed by atoms with Gasteiger partial charge in [0.2, 0.25) is 0 Å². The second-order valence-electron chi connectivity index (χ2n) is 28.5. The Morgan fingerprint density at radius 2 is 0.818 bits per heavy atom. The average Bonchev–Trinajstić information content (AvgIpc) is 0.765. The molecule has 6 aliphatic heterocycles. The number of benzene rings is 4. The lowest BCUT2D eigenvalue weighted by Gasteiger charge is -2.53. The second-order valence-corrected chi connectivity index (χ2v) is 28.5. The summed E-state index contributed by atoms with van der Waals surface area (Å²) in [5.74, 6) is 2.11. The molecule has 436 valence electrons. The Morgan fingerprint density at radius 1 is 0.465 bits per heavy atom. The van der Waals surface area contributed by atoms with E-state index in [1.165, 1.54) is 11.1 Å². The fraction of sp³-hybridized carbons (Fsp3) is 0.415. The first-order valence-corrected chi connectivity index (χ1v) is 34.6. The Bertz CT molecular complexity index is 3430. The van der Waals surface area contributed by atoms with Gasteiger partial charge in [-0.15, -0.1) is 0 Å². The maximum absolute atomic E-state index is 12.8. The van der Waals surface area contributed by atoms with Gasteiger partial charge in [0.25, 0.3) is 11.8 Å². The molecule has 0 aromatic heterocycles. The van der Waals surface area contributed by atoms with E-state index in [1.54, 1.807) is 4.90 Å². The molecular formula is C53H60B36N4O6. The molecule has 2 fully saturated rings. The molecule has 3 amide bonds. The molecule has 4 aromatic rings. The minimum Gasteiger partial charge on any atom is -0.482 e. The van der Waals surface area contributed by atoms with E-state index < -0.39 is 120 Å². The van der Waals surface area contributed by atoms with E-state index in [0.29, 0.717) is 25.9 Å². The van der Waals surface area contributed by atoms with Crippen molar-refractivity contribution in [3.8, 4) is 11.5 Å². The number of likely N-dealkylation sites (N-methyl/N-ethyl adjacent to an activating group) is 2. The number of para-hydroxylation sites is 2. The SMILES string of the molecule is CCN1CCc2cc(C3=CC4(CCN(C(=O)OC(C)(C)C)CC4)Oc4ccccc43)ccc2C1=O.CCN1CCc2cc(C3=CC4(CCNCC4)Oc4ccccc43)ccc2C1=O.[B]B([B])B([B])B(B(B([B])[B])B([B])[B])B(B(B([B])[B])B([B])[B])B(B(B([B])[B])B([B])[B])B(B([B])[B])B([B])[B]. The molecule has 0 atom stereocenters. The fourth-order valence-corrected chi connectivity index (χ4v) is 15.6. The van der Waals surface area contributed by atoms with Crippen LogP contribution in [0.3, 0.4) is 0 Å². The van der Waals surface area contributed by atoms with Crippen molar-refractivity contribution >= 4 is 285 Å². The minimum atomic E-state index is -1.17. The number of amides is 3. The van der Waals surface area contributed by atoms with Crippen molar-refractivity contribution in [2.45, 2.75) is 89.9 Å². The van der Waals surface area contributed by atoms with Crippen LogP contribution < -0.4 is 14.8 Å². The zero-order valence-corrected chi connectivity index (χ0v) is 58.2. The quantitative estimate of drug-likeness (QED) is 0.0890. The normalized spacial score (nSPS) is 15.9. The highest BCUT2D eigenvalue weighted by Gasteiger charge is 2.55. The summed E-state index contributed by atoms with van der Waals surface area (Å²) in [5.41, 5.74) is 9.56. The maximum atomic E-state index is 12.8. The topological polar surface area (TPSA) is 101 Å². The van der Waals surface area contributed by atoms with Crippen molar-refractivity contribution in [1.82, 2.24) is 20.0 Å². The van der Waals surface area contributed by atoms with Gasteiger partial charge in [0.15, 0.2) is 0 Å². The standard InChI is InChI=1S/C29H34N2O4.C24H26N2O2.B36/c1-5-30-15-12-21-18-20(10-11-22(21)26(30)32)24-19-29(34-25-9-7-6-8-23(24)25)13-16-31(17-14-29)27(33)35-28(2,3)4;1-2-26-14-9-18-15-17(7-8-19(18)23(26)27)21-16-24(10-12-25-13-11-24)28-22-6-4-3-5-20(21)22;1-20(2)29(19)34(30(21(3)4)22(5)6)36(33(27(15)16)28(17)18)35(31(23(7)8)24(9)10)32(25(11)12)26(13)14/h6-11,18-19H,5,12-17H2,1-4H3;3-8,15-16,25H,2,9-14H2,1H3;. The van der Waals surface area contributed by atoms with Crippen LogP contribution in [0, 0.1) is 0 Å². The first-order chi connectivity index (χ1) is 46.7. The van der Waals surface area contributed by atoms with Gasteiger partial charge in [0.05, 0.1) is 0 Å². The number of fused-ring (bicyclic) bond motifs is 4. The predicted octanol–water partition coefficient (Wildman–Crippen LogP) is -4.76. The number of carbonyl (C=O) groups is 3. The molecule has 6 heterocycles. The summed E-state index contributed by atoms with van der Waals surface area (Å²) in [7, 11) is 117. The molecule has 0 unspecified atom stereocenters. The monoisotopic (exact) mass is 1240 g/mol. The summed E-state index contributed by atoms with van der Waals surface area (Å²) in [6, 6.07) is 29.0. The molecule has 99 heavy (non-hydrogen) atoms. The van der Waals surface area contributed by atoms with Crippen molar-refractivity contribution < 1.29 is 28.6 Å². The summed E-state index contributed by atoms with van der Waals surface area (Å²) < 4.78 is 18.7. The molecule has 10 nitrogen and oxygen atoms in total. The Kier molecular flexibility index (Phi) is 28.7. The van der Waals surface area contributed by atoms with Gasteiger partial charge in [0, 0.05) is 343 Å². The number of carbonyl (C=O) groups excluding carboxylic acids is 3. The molecule has 6 aliphatic rings. The number of ether oxygens (including phenoxy) is 3. The number of hydrogen-bond donors (Lipinski definition) is 1. The van der Waals surface area contributed by atoms with Crippen molar-refractivity contribution in [2.75, 3.05) is 52.4 Å². The number of nitrogens with one attached hydrogen (secondary N) is 1. The molecule has 2 saturated heterocycles. The number of hydrogen-bond acceptors (Lipinski definition) is 7. The van der Waals surface area contributed by atoms with E-state index >= 15 is 0 Å². The Hall–Kier alpha value is -3.53. The third kappa shape index (κ3) is 19.1. The molecule has 46 heteroatoms. The molecule has 2 spiro atoms. The summed E-state index contributed by atoms with van der Waals surface area (Å²) in [5, 5.41) is 3.44. The summed E-state index contributed by atoms with van der Waals surface area (Å²) in [6.07, 6.45) is -8.89. The van der Waals surface area contributed by atoms with E-state index in [2.05, 4.69) is 66.0 Å². The highest BCUT2D eigenvalue weighted by atomic mass is 16.6. The van der Waals surface area contributed by atoms with Crippen LogP contribution in [-0.2, 0) is 17.6 Å². The van der Waals surface area contributed by atoms with Crippen LogP contribution >= 0.6 is 0 Å². The zero-order valence-electron chi connectivity index (χ0n) is 58.2. The Morgan fingerprint density at radius 3 is 1.17 bits per heavy atom. The molecule has 4 aromatic carbocycles. The van der Waals surface area contributed by atoms with Crippen molar-refractivity contribution in [3.63, 3.8) is 0 Å². The van der Waals surface area contributed by atoms with E-state index in [1.807, 2.05) is 80.8 Å². The number of piperidine rings is 2. The molecular weight excluding hydrogens is 1180 g/mol. The lowest BCUT2D eigenvalue weighted by molar-refractivity contribution is -0.00119. The Labute approximate surface area is 624 Å². The van der Waals surface area contributed by atoms with Crippen LogP contribution in [0.5, 0.6) is 11.5 Å². The molecule has 0 saturated carbocycles. The highest BCUT2D eigenvalue weighted by molar-refractivity contribution is 8.30. The van der Waals surface area contributed by atoms with Crippen LogP contribution in [0.1, 0.15) is 114 Å². The fourth-order valence-electron chi connectivity index (χ4n) is 15.6. The third-order valence-corrected chi connectivity index (χ3v) is 20.6. The molecule has 1 N–H and O–H groups in total. The number of rotatable bonds is 20. The highest BCUT2D eigenvalue weighted by Crippen LogP contribution is 2.45. The van der Waals surface area contributed by atoms with Crippen molar-refractivity contribution in [3.05, 3.63) is 142 Å². The number of likely N-dealkylation sites (tertiary alicyclic amines) is 1. The lowest BCUT2D eigenvalue weighted by Crippen LogP contribution is -2.91. The predicted molar refractivity (Wildman–Crippen MR) is 453 cm³/mol. The zero-order chi connectivity index (χ0) is 72.7. The minimum absolute atomic E-state index is 0.118. The summed E-state index contributed by atoms with van der Waals surface area (Å²) in [6.45, 7) is 15.9. The Balaban J connectivity index is 0.000000190.